The zero-order chi connectivity index (χ0) is 12.2. The monoisotopic (exact) mass is 222 g/mol. The van der Waals surface area contributed by atoms with E-state index in [0.29, 0.717) is 0 Å². The number of rotatable bonds is 5. The van der Waals surface area contributed by atoms with Crippen molar-refractivity contribution in [2.45, 2.75) is 32.3 Å². The predicted molar refractivity (Wildman–Crippen MR) is 47.6 cm³/mol. The number of alkyl halides is 2. The van der Waals surface area contributed by atoms with E-state index in [4.69, 9.17) is 5.11 Å². The van der Waals surface area contributed by atoms with Crippen molar-refractivity contribution in [1.29, 1.82) is 0 Å². The minimum Gasteiger partial charge on any atom is -0.477 e. The van der Waals surface area contributed by atoms with E-state index in [1.807, 2.05) is 0 Å². The maximum absolute atomic E-state index is 12.9. The molecule has 0 bridgehead atoms. The summed E-state index contributed by atoms with van der Waals surface area (Å²) in [6, 6.07) is 0. The normalized spacial score (nSPS) is 13.1. The second-order valence-electron chi connectivity index (χ2n) is 3.01. The second-order valence-corrected chi connectivity index (χ2v) is 3.01. The maximum atomic E-state index is 12.9. The summed E-state index contributed by atoms with van der Waals surface area (Å²) >= 11 is 0. The molecule has 0 amide bonds. The standard InChI is InChI=1S/C9H12F2O4/c1-4-6(9(10,11)8(13)14)15-7(12)5(2)3/h6H,2,4H2,1,3H3,(H,13,14). The fourth-order valence-electron chi connectivity index (χ4n) is 0.781. The number of hydrogen-bond acceptors (Lipinski definition) is 3. The number of carboxylic acid groups (broad SMARTS) is 1. The van der Waals surface area contributed by atoms with Crippen LogP contribution in [-0.4, -0.2) is 29.1 Å². The van der Waals surface area contributed by atoms with Crippen LogP contribution in [0.4, 0.5) is 8.78 Å². The van der Waals surface area contributed by atoms with Crippen LogP contribution in [0.3, 0.4) is 0 Å². The van der Waals surface area contributed by atoms with Crippen LogP contribution in [-0.2, 0) is 14.3 Å². The van der Waals surface area contributed by atoms with Crippen LogP contribution in [0.1, 0.15) is 20.3 Å². The molecule has 0 spiro atoms. The number of carbonyl (C=O) groups excluding carboxylic acids is 1. The van der Waals surface area contributed by atoms with Gasteiger partial charge in [0.25, 0.3) is 0 Å². The molecule has 0 radical (unpaired) electrons. The van der Waals surface area contributed by atoms with Gasteiger partial charge in [0.1, 0.15) is 0 Å². The van der Waals surface area contributed by atoms with Gasteiger partial charge in [-0.3, -0.25) is 0 Å². The van der Waals surface area contributed by atoms with E-state index >= 15 is 0 Å². The number of carbonyl (C=O) groups is 2. The van der Waals surface area contributed by atoms with Crippen LogP contribution in [0.2, 0.25) is 0 Å². The molecule has 0 saturated heterocycles. The van der Waals surface area contributed by atoms with Crippen LogP contribution >= 0.6 is 0 Å². The van der Waals surface area contributed by atoms with E-state index < -0.39 is 24.0 Å². The van der Waals surface area contributed by atoms with Crippen molar-refractivity contribution in [2.75, 3.05) is 0 Å². The highest BCUT2D eigenvalue weighted by molar-refractivity contribution is 5.87. The Hall–Kier alpha value is -1.46. The third kappa shape index (κ3) is 3.30. The molecule has 0 aromatic rings. The topological polar surface area (TPSA) is 63.6 Å². The summed E-state index contributed by atoms with van der Waals surface area (Å²) in [6.45, 7) is 5.79. The van der Waals surface area contributed by atoms with Crippen LogP contribution in [0.25, 0.3) is 0 Å². The van der Waals surface area contributed by atoms with Crippen molar-refractivity contribution < 1.29 is 28.2 Å². The third-order valence-corrected chi connectivity index (χ3v) is 1.66. The summed E-state index contributed by atoms with van der Waals surface area (Å²) in [4.78, 5) is 21.1. The van der Waals surface area contributed by atoms with Gasteiger partial charge in [-0.25, -0.2) is 9.59 Å². The molecule has 0 aliphatic rings. The van der Waals surface area contributed by atoms with Gasteiger partial charge in [0.05, 0.1) is 0 Å². The molecule has 6 heteroatoms. The van der Waals surface area contributed by atoms with Gasteiger partial charge in [0.2, 0.25) is 0 Å². The summed E-state index contributed by atoms with van der Waals surface area (Å²) in [5.41, 5.74) is -0.0605. The lowest BCUT2D eigenvalue weighted by Gasteiger charge is -2.22. The summed E-state index contributed by atoms with van der Waals surface area (Å²) in [7, 11) is 0. The number of esters is 1. The lowest BCUT2D eigenvalue weighted by molar-refractivity contribution is -0.191. The van der Waals surface area contributed by atoms with Crippen LogP contribution in [0, 0.1) is 0 Å². The molecule has 1 N–H and O–H groups in total. The molecule has 0 aromatic heterocycles. The zero-order valence-corrected chi connectivity index (χ0v) is 8.42. The molecule has 0 aliphatic heterocycles. The Balaban J connectivity index is 4.71. The summed E-state index contributed by atoms with van der Waals surface area (Å²) in [6.07, 6.45) is -2.27. The van der Waals surface area contributed by atoms with Crippen LogP contribution in [0.15, 0.2) is 12.2 Å². The van der Waals surface area contributed by atoms with Crippen molar-refractivity contribution in [1.82, 2.24) is 0 Å². The smallest absolute Gasteiger partial charge is 0.378 e. The highest BCUT2D eigenvalue weighted by Gasteiger charge is 2.49. The fraction of sp³-hybridized carbons (Fsp3) is 0.556. The van der Waals surface area contributed by atoms with Gasteiger partial charge in [-0.1, -0.05) is 13.5 Å². The Labute approximate surface area is 85.5 Å². The van der Waals surface area contributed by atoms with Gasteiger partial charge in [0, 0.05) is 5.57 Å². The third-order valence-electron chi connectivity index (χ3n) is 1.66. The van der Waals surface area contributed by atoms with Crippen LogP contribution in [0.5, 0.6) is 0 Å². The molecule has 1 unspecified atom stereocenters. The molecule has 86 valence electrons. The molecule has 0 aromatic carbocycles. The lowest BCUT2D eigenvalue weighted by Crippen LogP contribution is -2.43. The Bertz CT molecular complexity index is 286. The van der Waals surface area contributed by atoms with E-state index in [0.717, 1.165) is 0 Å². The molecule has 0 saturated carbocycles. The first-order valence-electron chi connectivity index (χ1n) is 4.21. The van der Waals surface area contributed by atoms with Crippen molar-refractivity contribution in [3.63, 3.8) is 0 Å². The first kappa shape index (κ1) is 13.5. The molecule has 0 fully saturated rings. The fourth-order valence-corrected chi connectivity index (χ4v) is 0.781. The molecule has 0 heterocycles. The quantitative estimate of drug-likeness (QED) is 0.567. The van der Waals surface area contributed by atoms with Crippen LogP contribution < -0.4 is 0 Å². The highest BCUT2D eigenvalue weighted by Crippen LogP contribution is 2.24. The van der Waals surface area contributed by atoms with Gasteiger partial charge in [-0.05, 0) is 13.3 Å². The number of aliphatic carboxylic acids is 1. The van der Waals surface area contributed by atoms with Gasteiger partial charge < -0.3 is 9.84 Å². The summed E-state index contributed by atoms with van der Waals surface area (Å²) < 4.78 is 30.2. The molecular weight excluding hydrogens is 210 g/mol. The Morgan fingerprint density at radius 2 is 2.00 bits per heavy atom. The Kier molecular flexibility index (Phi) is 4.39. The number of hydrogen-bond donors (Lipinski definition) is 1. The Morgan fingerprint density at radius 1 is 1.53 bits per heavy atom. The number of carboxylic acids is 1. The largest absolute Gasteiger partial charge is 0.477 e. The minimum absolute atomic E-state index is 0.0605. The van der Waals surface area contributed by atoms with E-state index in [9.17, 15) is 18.4 Å². The first-order chi connectivity index (χ1) is 6.73. The highest BCUT2D eigenvalue weighted by atomic mass is 19.3. The summed E-state index contributed by atoms with van der Waals surface area (Å²) in [5.74, 6) is -7.42. The SMILES string of the molecule is C=C(C)C(=O)OC(CC)C(F)(F)C(=O)O. The van der Waals surface area contributed by atoms with Crippen molar-refractivity contribution in [3.05, 3.63) is 12.2 Å². The minimum atomic E-state index is -4.08. The number of halogens is 2. The maximum Gasteiger partial charge on any atom is 0.378 e. The van der Waals surface area contributed by atoms with E-state index in [1.165, 1.54) is 13.8 Å². The first-order valence-corrected chi connectivity index (χ1v) is 4.21. The summed E-state index contributed by atoms with van der Waals surface area (Å²) in [5, 5.41) is 8.23. The van der Waals surface area contributed by atoms with E-state index in [-0.39, 0.29) is 12.0 Å². The van der Waals surface area contributed by atoms with Crippen molar-refractivity contribution in [3.8, 4) is 0 Å². The zero-order valence-electron chi connectivity index (χ0n) is 8.42. The second kappa shape index (κ2) is 4.86. The molecule has 0 aliphatic carbocycles. The van der Waals surface area contributed by atoms with Crippen molar-refractivity contribution >= 4 is 11.9 Å². The number of ether oxygens (including phenoxy) is 1. The van der Waals surface area contributed by atoms with Crippen molar-refractivity contribution in [2.24, 2.45) is 0 Å². The van der Waals surface area contributed by atoms with E-state index in [1.54, 1.807) is 0 Å². The average molecular weight is 222 g/mol. The molecule has 0 rings (SSSR count). The molecule has 1 atom stereocenters. The van der Waals surface area contributed by atoms with Gasteiger partial charge >= 0.3 is 17.9 Å². The average Bonchev–Trinajstić information content (AvgIpc) is 2.12. The van der Waals surface area contributed by atoms with Gasteiger partial charge in [0.15, 0.2) is 6.10 Å². The van der Waals surface area contributed by atoms with Gasteiger partial charge in [-0.2, -0.15) is 8.78 Å². The molecular formula is C9H12F2O4. The predicted octanol–water partition coefficient (Wildman–Crippen LogP) is 1.60. The van der Waals surface area contributed by atoms with Gasteiger partial charge in [-0.15, -0.1) is 0 Å². The lowest BCUT2D eigenvalue weighted by atomic mass is 10.1. The molecule has 4 nitrogen and oxygen atoms in total. The molecule has 15 heavy (non-hydrogen) atoms. The van der Waals surface area contributed by atoms with E-state index in [2.05, 4.69) is 11.3 Å². The Morgan fingerprint density at radius 3 is 2.27 bits per heavy atom.